The minimum atomic E-state index is -3.82. The molecule has 1 heterocycles. The Morgan fingerprint density at radius 2 is 1.92 bits per heavy atom. The third kappa shape index (κ3) is 4.39. The van der Waals surface area contributed by atoms with Crippen LogP contribution in [0.15, 0.2) is 23.1 Å². The number of benzene rings is 1. The summed E-state index contributed by atoms with van der Waals surface area (Å²) < 4.78 is 50.0. The number of nitrogens with zero attached hydrogens (tertiary/aromatic N) is 1. The zero-order valence-electron chi connectivity index (χ0n) is 15.0. The van der Waals surface area contributed by atoms with Crippen molar-refractivity contribution in [2.75, 3.05) is 24.6 Å². The molecule has 1 amide bonds. The lowest BCUT2D eigenvalue weighted by Crippen LogP contribution is -2.47. The molecule has 1 atom stereocenters. The van der Waals surface area contributed by atoms with Crippen LogP contribution in [0.25, 0.3) is 0 Å². The van der Waals surface area contributed by atoms with Crippen LogP contribution in [0.4, 0.5) is 0 Å². The minimum Gasteiger partial charge on any atom is -0.346 e. The van der Waals surface area contributed by atoms with E-state index in [1.165, 1.54) is 22.5 Å². The molecule has 10 heteroatoms. The average molecular weight is 423 g/mol. The van der Waals surface area contributed by atoms with E-state index in [0.29, 0.717) is 6.42 Å². The summed E-state index contributed by atoms with van der Waals surface area (Å²) in [6.07, 6.45) is 0.319. The third-order valence-corrected chi connectivity index (χ3v) is 8.87. The molecule has 0 spiro atoms. The molecule has 1 aromatic rings. The maximum Gasteiger partial charge on any atom is 0.251 e. The first kappa shape index (κ1) is 21.1. The second-order valence-corrected chi connectivity index (χ2v) is 11.1. The van der Waals surface area contributed by atoms with Gasteiger partial charge in [0.15, 0.2) is 9.84 Å². The predicted octanol–water partition coefficient (Wildman–Crippen LogP) is 1.68. The van der Waals surface area contributed by atoms with Gasteiger partial charge in [0.25, 0.3) is 5.91 Å². The third-order valence-electron chi connectivity index (χ3n) is 4.44. The number of carbonyl (C=O) groups is 1. The summed E-state index contributed by atoms with van der Waals surface area (Å²) in [4.78, 5) is 12.4. The molecule has 26 heavy (non-hydrogen) atoms. The highest BCUT2D eigenvalue weighted by molar-refractivity contribution is 7.91. The zero-order valence-corrected chi connectivity index (χ0v) is 17.3. The monoisotopic (exact) mass is 422 g/mol. The quantitative estimate of drug-likeness (QED) is 0.751. The van der Waals surface area contributed by atoms with Gasteiger partial charge in [-0.1, -0.05) is 25.4 Å². The molecule has 1 fully saturated rings. The van der Waals surface area contributed by atoms with Crippen molar-refractivity contribution in [3.63, 3.8) is 0 Å². The number of rotatable bonds is 6. The van der Waals surface area contributed by atoms with Gasteiger partial charge in [0, 0.05) is 18.7 Å². The highest BCUT2D eigenvalue weighted by Gasteiger charge is 2.39. The van der Waals surface area contributed by atoms with Crippen LogP contribution in [-0.2, 0) is 19.9 Å². The van der Waals surface area contributed by atoms with Gasteiger partial charge in [0.05, 0.1) is 22.1 Å². The molecule has 0 bridgehead atoms. The van der Waals surface area contributed by atoms with E-state index in [0.717, 1.165) is 0 Å². The fraction of sp³-hybridized carbons (Fsp3) is 0.562. The fourth-order valence-electron chi connectivity index (χ4n) is 3.00. The highest BCUT2D eigenvalue weighted by atomic mass is 35.5. The van der Waals surface area contributed by atoms with Gasteiger partial charge in [-0.2, -0.15) is 4.31 Å². The summed E-state index contributed by atoms with van der Waals surface area (Å²) in [6, 6.07) is 4.02. The number of sulfone groups is 1. The summed E-state index contributed by atoms with van der Waals surface area (Å²) in [5.74, 6) is -0.645. The van der Waals surface area contributed by atoms with Crippen LogP contribution in [-0.4, -0.2) is 57.2 Å². The summed E-state index contributed by atoms with van der Waals surface area (Å²) in [5.41, 5.74) is -0.751. The lowest BCUT2D eigenvalue weighted by molar-refractivity contribution is 0.0915. The molecule has 0 unspecified atom stereocenters. The van der Waals surface area contributed by atoms with Crippen molar-refractivity contribution in [1.82, 2.24) is 9.62 Å². The molecule has 1 aliphatic heterocycles. The normalized spacial score (nSPS) is 22.5. The number of hydrogen-bond donors (Lipinski definition) is 1. The standard InChI is InChI=1S/C16H23ClN2O5S2/c1-4-19(5-2)26(23,24)14-10-12(6-7-13(14)17)15(20)18-16(3)8-9-25(21,22)11-16/h6-7,10H,4-5,8-9,11H2,1-3H3,(H,18,20)/t16-/m1/s1. The molecule has 1 aromatic carbocycles. The molecule has 1 aliphatic rings. The first-order chi connectivity index (χ1) is 11.9. The van der Waals surface area contributed by atoms with Crippen molar-refractivity contribution < 1.29 is 21.6 Å². The Balaban J connectivity index is 2.34. The van der Waals surface area contributed by atoms with E-state index in [-0.39, 0.29) is 40.1 Å². The Hall–Kier alpha value is -1.16. The van der Waals surface area contributed by atoms with Gasteiger partial charge in [-0.15, -0.1) is 0 Å². The maximum atomic E-state index is 12.7. The van der Waals surface area contributed by atoms with Crippen molar-refractivity contribution in [3.05, 3.63) is 28.8 Å². The Morgan fingerprint density at radius 1 is 1.31 bits per heavy atom. The molecule has 2 rings (SSSR count). The largest absolute Gasteiger partial charge is 0.346 e. The predicted molar refractivity (Wildman–Crippen MR) is 101 cm³/mol. The van der Waals surface area contributed by atoms with Crippen LogP contribution in [0.2, 0.25) is 5.02 Å². The Bertz CT molecular complexity index is 911. The Labute approximate surface area is 159 Å². The Kier molecular flexibility index (Phi) is 6.06. The number of sulfonamides is 1. The van der Waals surface area contributed by atoms with Gasteiger partial charge < -0.3 is 5.32 Å². The minimum absolute atomic E-state index is 0.0198. The van der Waals surface area contributed by atoms with Crippen molar-refractivity contribution >= 4 is 37.4 Å². The smallest absolute Gasteiger partial charge is 0.251 e. The van der Waals surface area contributed by atoms with E-state index < -0.39 is 31.3 Å². The number of hydrogen-bond acceptors (Lipinski definition) is 5. The van der Waals surface area contributed by atoms with E-state index in [4.69, 9.17) is 11.6 Å². The van der Waals surface area contributed by atoms with E-state index in [2.05, 4.69) is 5.32 Å². The average Bonchev–Trinajstić information content (AvgIpc) is 2.81. The van der Waals surface area contributed by atoms with Crippen molar-refractivity contribution in [3.8, 4) is 0 Å². The van der Waals surface area contributed by atoms with Crippen LogP contribution in [0.5, 0.6) is 0 Å². The SMILES string of the molecule is CCN(CC)S(=O)(=O)c1cc(C(=O)N[C@]2(C)CCS(=O)(=O)C2)ccc1Cl. The summed E-state index contributed by atoms with van der Waals surface area (Å²) >= 11 is 6.06. The Morgan fingerprint density at radius 3 is 2.42 bits per heavy atom. The van der Waals surface area contributed by atoms with Crippen molar-refractivity contribution in [1.29, 1.82) is 0 Å². The van der Waals surface area contributed by atoms with E-state index in [1.54, 1.807) is 20.8 Å². The van der Waals surface area contributed by atoms with Gasteiger partial charge >= 0.3 is 0 Å². The van der Waals surface area contributed by atoms with Crippen LogP contribution < -0.4 is 5.32 Å². The highest BCUT2D eigenvalue weighted by Crippen LogP contribution is 2.27. The van der Waals surface area contributed by atoms with Gasteiger partial charge in [0.1, 0.15) is 4.90 Å². The van der Waals surface area contributed by atoms with Crippen LogP contribution in [0.3, 0.4) is 0 Å². The molecule has 1 saturated heterocycles. The number of carbonyl (C=O) groups excluding carboxylic acids is 1. The van der Waals surface area contributed by atoms with Crippen molar-refractivity contribution in [2.45, 2.75) is 37.6 Å². The fourth-order valence-corrected chi connectivity index (χ4v) is 7.05. The van der Waals surface area contributed by atoms with E-state index >= 15 is 0 Å². The first-order valence-corrected chi connectivity index (χ1v) is 11.9. The number of halogens is 1. The zero-order chi connectivity index (χ0) is 19.8. The van der Waals surface area contributed by atoms with E-state index in [9.17, 15) is 21.6 Å². The summed E-state index contributed by atoms with van der Waals surface area (Å²) in [7, 11) is -7.00. The summed E-state index contributed by atoms with van der Waals surface area (Å²) in [5, 5.41) is 2.74. The molecule has 0 saturated carbocycles. The molecule has 0 aromatic heterocycles. The van der Waals surface area contributed by atoms with Crippen molar-refractivity contribution in [2.24, 2.45) is 0 Å². The second-order valence-electron chi connectivity index (χ2n) is 6.59. The maximum absolute atomic E-state index is 12.7. The molecular weight excluding hydrogens is 400 g/mol. The molecule has 1 N–H and O–H groups in total. The van der Waals surface area contributed by atoms with Gasteiger partial charge in [-0.3, -0.25) is 4.79 Å². The first-order valence-electron chi connectivity index (χ1n) is 8.27. The second kappa shape index (κ2) is 7.46. The van der Waals surface area contributed by atoms with Gasteiger partial charge in [-0.05, 0) is 31.5 Å². The van der Waals surface area contributed by atoms with Gasteiger partial charge in [-0.25, -0.2) is 16.8 Å². The molecule has 0 aliphatic carbocycles. The lowest BCUT2D eigenvalue weighted by atomic mass is 10.0. The van der Waals surface area contributed by atoms with Gasteiger partial charge in [0.2, 0.25) is 10.0 Å². The topological polar surface area (TPSA) is 101 Å². The number of nitrogens with one attached hydrogen (secondary N) is 1. The summed E-state index contributed by atoms with van der Waals surface area (Å²) in [6.45, 7) is 5.65. The lowest BCUT2D eigenvalue weighted by Gasteiger charge is -2.24. The van der Waals surface area contributed by atoms with Crippen LogP contribution in [0, 0.1) is 0 Å². The number of amides is 1. The molecule has 146 valence electrons. The van der Waals surface area contributed by atoms with Crippen LogP contribution in [0.1, 0.15) is 37.6 Å². The van der Waals surface area contributed by atoms with E-state index in [1.807, 2.05) is 0 Å². The van der Waals surface area contributed by atoms with Crippen LogP contribution >= 0.6 is 11.6 Å². The molecule has 7 nitrogen and oxygen atoms in total. The molecular formula is C16H23ClN2O5S2. The molecule has 0 radical (unpaired) electrons.